The molecule has 2 rings (SSSR count). The zero-order valence-electron chi connectivity index (χ0n) is 6.97. The number of allylic oxidation sites excluding steroid dienone is 1. The predicted octanol–water partition coefficient (Wildman–Crippen LogP) is 1.26. The first-order valence-corrected chi connectivity index (χ1v) is 4.47. The molecule has 0 aromatic rings. The van der Waals surface area contributed by atoms with E-state index in [1.165, 1.54) is 24.1 Å². The monoisotopic (exact) mass is 167 g/mol. The molecule has 3 nitrogen and oxygen atoms in total. The first-order valence-electron chi connectivity index (χ1n) is 4.47. The number of carbonyl (C=O) groups is 1. The zero-order chi connectivity index (χ0) is 8.55. The fourth-order valence-electron chi connectivity index (χ4n) is 2.02. The smallest absolute Gasteiger partial charge is 0.326 e. The van der Waals surface area contributed by atoms with E-state index < -0.39 is 5.97 Å². The predicted molar refractivity (Wildman–Crippen MR) is 44.7 cm³/mol. The summed E-state index contributed by atoms with van der Waals surface area (Å²) >= 11 is 0. The lowest BCUT2D eigenvalue weighted by Crippen LogP contribution is -2.31. The van der Waals surface area contributed by atoms with Crippen LogP contribution >= 0.6 is 0 Å². The maximum atomic E-state index is 10.7. The Hall–Kier alpha value is -0.990. The lowest BCUT2D eigenvalue weighted by molar-refractivity contribution is -0.138. The minimum Gasteiger partial charge on any atom is -0.480 e. The van der Waals surface area contributed by atoms with Crippen LogP contribution in [0.15, 0.2) is 11.3 Å². The first-order chi connectivity index (χ1) is 5.77. The Morgan fingerprint density at radius 3 is 2.83 bits per heavy atom. The average Bonchev–Trinajstić information content (AvgIpc) is 2.46. The van der Waals surface area contributed by atoms with Gasteiger partial charge in [0.05, 0.1) is 0 Å². The Balaban J connectivity index is 2.07. The highest BCUT2D eigenvalue weighted by molar-refractivity contribution is 5.75. The summed E-state index contributed by atoms with van der Waals surface area (Å²) in [5, 5.41) is 11.8. The number of carboxylic acid groups (broad SMARTS) is 1. The second-order valence-corrected chi connectivity index (χ2v) is 3.53. The fraction of sp³-hybridized carbons (Fsp3) is 0.667. The molecule has 0 bridgehead atoms. The number of hydrogen-bond donors (Lipinski definition) is 2. The highest BCUT2D eigenvalue weighted by Crippen LogP contribution is 2.31. The maximum absolute atomic E-state index is 10.7. The molecule has 0 saturated heterocycles. The summed E-state index contributed by atoms with van der Waals surface area (Å²) in [5.74, 6) is -0.718. The third kappa shape index (κ3) is 1.19. The van der Waals surface area contributed by atoms with E-state index in [0.29, 0.717) is 0 Å². The van der Waals surface area contributed by atoms with E-state index in [1.807, 2.05) is 0 Å². The molecule has 1 atom stereocenters. The summed E-state index contributed by atoms with van der Waals surface area (Å²) in [6.45, 7) is 0. The molecule has 66 valence electrons. The van der Waals surface area contributed by atoms with Gasteiger partial charge in [-0.3, -0.25) is 0 Å². The summed E-state index contributed by atoms with van der Waals surface area (Å²) < 4.78 is 0. The van der Waals surface area contributed by atoms with Crippen LogP contribution in [0.5, 0.6) is 0 Å². The van der Waals surface area contributed by atoms with Crippen LogP contribution in [-0.4, -0.2) is 17.1 Å². The van der Waals surface area contributed by atoms with Crippen molar-refractivity contribution in [3.63, 3.8) is 0 Å². The van der Waals surface area contributed by atoms with Crippen molar-refractivity contribution >= 4 is 5.97 Å². The van der Waals surface area contributed by atoms with Crippen LogP contribution < -0.4 is 5.32 Å². The molecule has 0 aromatic heterocycles. The van der Waals surface area contributed by atoms with Crippen LogP contribution in [0.4, 0.5) is 0 Å². The van der Waals surface area contributed by atoms with E-state index in [0.717, 1.165) is 19.3 Å². The van der Waals surface area contributed by atoms with Crippen LogP contribution in [0.3, 0.4) is 0 Å². The lowest BCUT2D eigenvalue weighted by atomic mass is 9.96. The minimum absolute atomic E-state index is 0.340. The summed E-state index contributed by atoms with van der Waals surface area (Å²) in [5.41, 5.74) is 2.57. The van der Waals surface area contributed by atoms with Gasteiger partial charge < -0.3 is 10.4 Å². The van der Waals surface area contributed by atoms with Crippen molar-refractivity contribution in [2.24, 2.45) is 0 Å². The molecule has 1 unspecified atom stereocenters. The fourth-order valence-corrected chi connectivity index (χ4v) is 2.02. The molecule has 1 aliphatic carbocycles. The normalized spacial score (nSPS) is 28.2. The van der Waals surface area contributed by atoms with Gasteiger partial charge in [-0.2, -0.15) is 0 Å². The molecule has 0 amide bonds. The Labute approximate surface area is 71.5 Å². The molecule has 12 heavy (non-hydrogen) atoms. The van der Waals surface area contributed by atoms with Crippen LogP contribution in [0.25, 0.3) is 0 Å². The second kappa shape index (κ2) is 2.81. The van der Waals surface area contributed by atoms with Crippen molar-refractivity contribution in [2.45, 2.75) is 38.1 Å². The van der Waals surface area contributed by atoms with E-state index in [2.05, 4.69) is 5.32 Å². The Kier molecular flexibility index (Phi) is 1.79. The van der Waals surface area contributed by atoms with Gasteiger partial charge >= 0.3 is 5.97 Å². The van der Waals surface area contributed by atoms with Crippen molar-refractivity contribution in [1.29, 1.82) is 0 Å². The molecule has 0 spiro atoms. The van der Waals surface area contributed by atoms with Crippen LogP contribution in [0.1, 0.15) is 32.1 Å². The van der Waals surface area contributed by atoms with Crippen LogP contribution in [-0.2, 0) is 4.79 Å². The highest BCUT2D eigenvalue weighted by atomic mass is 16.4. The summed E-state index contributed by atoms with van der Waals surface area (Å²) in [4.78, 5) is 10.7. The molecule has 0 radical (unpaired) electrons. The summed E-state index contributed by atoms with van der Waals surface area (Å²) in [7, 11) is 0. The van der Waals surface area contributed by atoms with E-state index in [4.69, 9.17) is 5.11 Å². The van der Waals surface area contributed by atoms with Crippen molar-refractivity contribution in [3.8, 4) is 0 Å². The van der Waals surface area contributed by atoms with Gasteiger partial charge in [0.15, 0.2) is 0 Å². The van der Waals surface area contributed by atoms with E-state index in [1.54, 1.807) is 0 Å². The van der Waals surface area contributed by atoms with Gasteiger partial charge in [-0.15, -0.1) is 0 Å². The molecule has 0 fully saturated rings. The molecule has 2 aliphatic rings. The zero-order valence-corrected chi connectivity index (χ0v) is 6.97. The summed E-state index contributed by atoms with van der Waals surface area (Å²) in [6, 6.07) is -0.340. The average molecular weight is 167 g/mol. The molecular weight excluding hydrogens is 154 g/mol. The minimum atomic E-state index is -0.718. The van der Waals surface area contributed by atoms with Gasteiger partial charge in [0.25, 0.3) is 0 Å². The Morgan fingerprint density at radius 1 is 1.42 bits per heavy atom. The molecule has 3 heteroatoms. The number of carboxylic acids is 1. The molecule has 1 heterocycles. The van der Waals surface area contributed by atoms with Gasteiger partial charge in [-0.05, 0) is 31.3 Å². The van der Waals surface area contributed by atoms with Crippen LogP contribution in [0, 0.1) is 0 Å². The van der Waals surface area contributed by atoms with Gasteiger partial charge in [-0.25, -0.2) is 4.79 Å². The quantitative estimate of drug-likeness (QED) is 0.618. The van der Waals surface area contributed by atoms with Gasteiger partial charge in [0.1, 0.15) is 6.04 Å². The lowest BCUT2D eigenvalue weighted by Gasteiger charge is -2.12. The Morgan fingerprint density at radius 2 is 2.17 bits per heavy atom. The van der Waals surface area contributed by atoms with Crippen molar-refractivity contribution in [1.82, 2.24) is 5.32 Å². The van der Waals surface area contributed by atoms with Gasteiger partial charge in [0.2, 0.25) is 0 Å². The number of nitrogens with one attached hydrogen (secondary N) is 1. The third-order valence-corrected chi connectivity index (χ3v) is 2.68. The topological polar surface area (TPSA) is 49.3 Å². The van der Waals surface area contributed by atoms with Crippen molar-refractivity contribution < 1.29 is 9.90 Å². The first kappa shape index (κ1) is 7.65. The third-order valence-electron chi connectivity index (χ3n) is 2.68. The summed E-state index contributed by atoms with van der Waals surface area (Å²) in [6.07, 6.45) is 5.32. The maximum Gasteiger partial charge on any atom is 0.326 e. The molecule has 1 aliphatic heterocycles. The molecule has 2 N–H and O–H groups in total. The molecular formula is C9H13NO2. The number of rotatable bonds is 1. The number of hydrogen-bond acceptors (Lipinski definition) is 2. The molecule has 0 saturated carbocycles. The number of aliphatic carboxylic acids is 1. The van der Waals surface area contributed by atoms with Gasteiger partial charge in [0, 0.05) is 12.1 Å². The van der Waals surface area contributed by atoms with Crippen LogP contribution in [0.2, 0.25) is 0 Å². The van der Waals surface area contributed by atoms with E-state index >= 15 is 0 Å². The van der Waals surface area contributed by atoms with E-state index in [9.17, 15) is 4.79 Å². The van der Waals surface area contributed by atoms with Crippen molar-refractivity contribution in [3.05, 3.63) is 11.3 Å². The van der Waals surface area contributed by atoms with Gasteiger partial charge in [-0.1, -0.05) is 0 Å². The highest BCUT2D eigenvalue weighted by Gasteiger charge is 2.29. The second-order valence-electron chi connectivity index (χ2n) is 3.53. The Bertz CT molecular complexity index is 227. The SMILES string of the molecule is O=C(O)C1CC2=C(CCCC2)N1. The standard InChI is InChI=1S/C9H13NO2/c11-9(12)8-5-6-3-1-2-4-7(6)10-8/h8,10H,1-5H2,(H,11,12). The van der Waals surface area contributed by atoms with Crippen molar-refractivity contribution in [2.75, 3.05) is 0 Å². The largest absolute Gasteiger partial charge is 0.480 e. The molecule has 0 aromatic carbocycles. The van der Waals surface area contributed by atoms with E-state index in [-0.39, 0.29) is 6.04 Å².